The van der Waals surface area contributed by atoms with Gasteiger partial charge in [0, 0.05) is 39.8 Å². The van der Waals surface area contributed by atoms with E-state index in [0.717, 1.165) is 32.1 Å². The van der Waals surface area contributed by atoms with Gasteiger partial charge in [-0.1, -0.05) is 19.3 Å². The second-order valence-corrected chi connectivity index (χ2v) is 8.93. The van der Waals surface area contributed by atoms with Crippen LogP contribution in [0.4, 0.5) is 0 Å². The topological polar surface area (TPSA) is 90.0 Å². The Kier molecular flexibility index (Phi) is 6.05. The predicted molar refractivity (Wildman–Crippen MR) is 88.4 cm³/mol. The van der Waals surface area contributed by atoms with Gasteiger partial charge < -0.3 is 10.4 Å². The fourth-order valence-electron chi connectivity index (χ4n) is 3.65. The summed E-state index contributed by atoms with van der Waals surface area (Å²) in [5, 5.41) is 13.4. The van der Waals surface area contributed by atoms with Crippen molar-refractivity contribution < 1.29 is 18.3 Å². The molecule has 1 saturated carbocycles. The summed E-state index contributed by atoms with van der Waals surface area (Å²) in [5.41, 5.74) is -0.703. The minimum Gasteiger partial charge on any atom is -0.389 e. The monoisotopic (exact) mass is 347 g/mol. The summed E-state index contributed by atoms with van der Waals surface area (Å²) in [6.07, 6.45) is 5.95. The molecule has 1 atom stereocenters. The molecule has 1 heterocycles. The van der Waals surface area contributed by atoms with E-state index in [9.17, 15) is 18.3 Å². The lowest BCUT2D eigenvalue weighted by atomic mass is 9.84. The number of nitrogens with zero attached hydrogens (tertiary/aromatic N) is 2. The molecule has 0 radical (unpaired) electrons. The van der Waals surface area contributed by atoms with E-state index in [0.29, 0.717) is 26.2 Å². The predicted octanol–water partition coefficient (Wildman–Crippen LogP) is -0.379. The summed E-state index contributed by atoms with van der Waals surface area (Å²) in [7, 11) is -1.76. The van der Waals surface area contributed by atoms with Crippen LogP contribution in [0.25, 0.3) is 0 Å². The maximum Gasteiger partial charge on any atom is 0.225 e. The van der Waals surface area contributed by atoms with Crippen molar-refractivity contribution in [2.75, 3.05) is 46.0 Å². The summed E-state index contributed by atoms with van der Waals surface area (Å²) >= 11 is 0. The molecule has 23 heavy (non-hydrogen) atoms. The Labute approximate surface area is 139 Å². The molecule has 1 amide bonds. The van der Waals surface area contributed by atoms with Crippen LogP contribution in [0, 0.1) is 5.92 Å². The lowest BCUT2D eigenvalue weighted by Gasteiger charge is -2.37. The lowest BCUT2D eigenvalue weighted by molar-refractivity contribution is -0.125. The molecule has 0 aromatic carbocycles. The largest absolute Gasteiger partial charge is 0.389 e. The van der Waals surface area contributed by atoms with Crippen molar-refractivity contribution in [3.8, 4) is 0 Å². The van der Waals surface area contributed by atoms with Crippen LogP contribution in [0.15, 0.2) is 0 Å². The van der Waals surface area contributed by atoms with E-state index < -0.39 is 21.5 Å². The Hall–Kier alpha value is -0.700. The quantitative estimate of drug-likeness (QED) is 0.724. The Bertz CT molecular complexity index is 517. The van der Waals surface area contributed by atoms with Gasteiger partial charge in [-0.05, 0) is 12.8 Å². The number of carbonyl (C=O) groups is 1. The lowest BCUT2D eigenvalue weighted by Crippen LogP contribution is -2.47. The molecular formula is C15H29N3O4S. The zero-order chi connectivity index (χ0) is 17.1. The molecule has 0 unspecified atom stereocenters. The van der Waals surface area contributed by atoms with E-state index >= 15 is 0 Å². The number of amides is 1. The molecule has 8 heteroatoms. The van der Waals surface area contributed by atoms with E-state index in [1.807, 2.05) is 0 Å². The normalized spacial score (nSPS) is 27.3. The summed E-state index contributed by atoms with van der Waals surface area (Å²) in [5.74, 6) is -0.564. The first-order valence-electron chi connectivity index (χ1n) is 8.35. The van der Waals surface area contributed by atoms with Gasteiger partial charge in [0.2, 0.25) is 15.9 Å². The zero-order valence-electron chi connectivity index (χ0n) is 14.1. The van der Waals surface area contributed by atoms with Gasteiger partial charge >= 0.3 is 0 Å². The molecule has 2 rings (SSSR count). The Balaban J connectivity index is 2.10. The maximum absolute atomic E-state index is 12.1. The van der Waals surface area contributed by atoms with Crippen LogP contribution >= 0.6 is 0 Å². The van der Waals surface area contributed by atoms with Crippen molar-refractivity contribution in [2.24, 2.45) is 5.92 Å². The van der Waals surface area contributed by atoms with E-state index in [1.165, 1.54) is 10.6 Å². The second-order valence-electron chi connectivity index (χ2n) is 6.95. The third kappa shape index (κ3) is 5.14. The average Bonchev–Trinajstić information content (AvgIpc) is 2.69. The molecule has 2 N–H and O–H groups in total. The van der Waals surface area contributed by atoms with Crippen molar-refractivity contribution in [2.45, 2.75) is 37.7 Å². The zero-order valence-corrected chi connectivity index (χ0v) is 14.9. The maximum atomic E-state index is 12.1. The van der Waals surface area contributed by atoms with Crippen LogP contribution in [-0.2, 0) is 14.8 Å². The average molecular weight is 347 g/mol. The molecule has 0 aromatic heterocycles. The molecule has 1 aliphatic carbocycles. The molecule has 134 valence electrons. The van der Waals surface area contributed by atoms with Gasteiger partial charge in [0.05, 0.1) is 17.8 Å². The van der Waals surface area contributed by atoms with Crippen LogP contribution in [0.5, 0.6) is 0 Å². The molecule has 2 fully saturated rings. The minimum atomic E-state index is -3.33. The number of nitrogens with one attached hydrogen (secondary N) is 1. The molecule has 0 aromatic rings. The number of hydrogen-bond donors (Lipinski definition) is 2. The minimum absolute atomic E-state index is 0.152. The van der Waals surface area contributed by atoms with Crippen molar-refractivity contribution in [1.82, 2.24) is 14.5 Å². The molecule has 7 nitrogen and oxygen atoms in total. The Morgan fingerprint density at radius 1 is 1.22 bits per heavy atom. The number of carbonyl (C=O) groups excluding carboxylic acids is 1. The number of sulfonamides is 1. The van der Waals surface area contributed by atoms with Crippen LogP contribution < -0.4 is 5.32 Å². The smallest absolute Gasteiger partial charge is 0.225 e. The van der Waals surface area contributed by atoms with E-state index in [1.54, 1.807) is 7.05 Å². The summed E-state index contributed by atoms with van der Waals surface area (Å²) in [4.78, 5) is 14.1. The van der Waals surface area contributed by atoms with Crippen LogP contribution in [0.1, 0.15) is 32.1 Å². The fourth-order valence-corrected chi connectivity index (χ4v) is 4.51. The van der Waals surface area contributed by atoms with Gasteiger partial charge in [-0.25, -0.2) is 12.7 Å². The van der Waals surface area contributed by atoms with Crippen LogP contribution in [0.2, 0.25) is 0 Å². The summed E-state index contributed by atoms with van der Waals surface area (Å²) in [6, 6.07) is 0. The van der Waals surface area contributed by atoms with Crippen molar-refractivity contribution >= 4 is 15.9 Å². The Morgan fingerprint density at radius 2 is 1.87 bits per heavy atom. The highest BCUT2D eigenvalue weighted by Crippen LogP contribution is 2.29. The highest BCUT2D eigenvalue weighted by molar-refractivity contribution is 7.88. The third-order valence-electron chi connectivity index (χ3n) is 4.96. The highest BCUT2D eigenvalue weighted by atomic mass is 32.2. The second kappa shape index (κ2) is 7.46. The first-order chi connectivity index (χ1) is 10.7. The first-order valence-corrected chi connectivity index (χ1v) is 10.2. The fraction of sp³-hybridized carbons (Fsp3) is 0.933. The molecule has 2 aliphatic rings. The van der Waals surface area contributed by atoms with Crippen LogP contribution in [-0.4, -0.2) is 80.3 Å². The van der Waals surface area contributed by atoms with Gasteiger partial charge in [0.1, 0.15) is 0 Å². The SMILES string of the molecule is CNC(=O)[C@@H]1CN(CC2(O)CCCCC2)CCN(S(C)(=O)=O)C1. The van der Waals surface area contributed by atoms with Gasteiger partial charge in [0.15, 0.2) is 0 Å². The van der Waals surface area contributed by atoms with Gasteiger partial charge in [-0.3, -0.25) is 9.69 Å². The third-order valence-corrected chi connectivity index (χ3v) is 6.23. The summed E-state index contributed by atoms with van der Waals surface area (Å²) in [6.45, 7) is 2.10. The van der Waals surface area contributed by atoms with Crippen molar-refractivity contribution in [1.29, 1.82) is 0 Å². The highest BCUT2D eigenvalue weighted by Gasteiger charge is 2.36. The van der Waals surface area contributed by atoms with E-state index in [4.69, 9.17) is 0 Å². The van der Waals surface area contributed by atoms with Crippen molar-refractivity contribution in [3.05, 3.63) is 0 Å². The number of β-amino-alcohol motifs (C(OH)–C–C–N with tert-alkyl or cyclic N) is 1. The van der Waals surface area contributed by atoms with Crippen molar-refractivity contribution in [3.63, 3.8) is 0 Å². The molecule has 1 saturated heterocycles. The number of hydrogen-bond acceptors (Lipinski definition) is 5. The van der Waals surface area contributed by atoms with E-state index in [2.05, 4.69) is 10.2 Å². The molecule has 1 aliphatic heterocycles. The first kappa shape index (κ1) is 18.6. The summed E-state index contributed by atoms with van der Waals surface area (Å²) < 4.78 is 25.1. The number of aliphatic hydroxyl groups is 1. The number of rotatable bonds is 4. The van der Waals surface area contributed by atoms with Gasteiger partial charge in [-0.15, -0.1) is 0 Å². The van der Waals surface area contributed by atoms with E-state index in [-0.39, 0.29) is 12.5 Å². The van der Waals surface area contributed by atoms with Gasteiger partial charge in [-0.2, -0.15) is 0 Å². The standard InChI is InChI=1S/C15H29N3O4S/c1-16-14(19)13-10-17(8-9-18(11-13)23(2,21)22)12-15(20)6-4-3-5-7-15/h13,20H,3-12H2,1-2H3,(H,16,19)/t13-/m1/s1. The van der Waals surface area contributed by atoms with Crippen LogP contribution in [0.3, 0.4) is 0 Å². The Morgan fingerprint density at radius 3 is 2.43 bits per heavy atom. The van der Waals surface area contributed by atoms with Gasteiger partial charge in [0.25, 0.3) is 0 Å². The molecule has 0 bridgehead atoms. The molecular weight excluding hydrogens is 318 g/mol. The molecule has 0 spiro atoms.